The lowest BCUT2D eigenvalue weighted by atomic mass is 10.1. The van der Waals surface area contributed by atoms with Gasteiger partial charge in [-0.3, -0.25) is 4.98 Å². The molecule has 0 atom stereocenters. The molecule has 0 aliphatic rings. The highest BCUT2D eigenvalue weighted by atomic mass is 32.2. The minimum atomic E-state index is -3.13. The minimum Gasteiger partial charge on any atom is -0.462 e. The molecule has 0 fully saturated rings. The summed E-state index contributed by atoms with van der Waals surface area (Å²) >= 11 is 0. The maximum atomic E-state index is 12.0. The first-order chi connectivity index (χ1) is 10.9. The van der Waals surface area contributed by atoms with Gasteiger partial charge in [-0.25, -0.2) is 13.2 Å². The third-order valence-electron chi connectivity index (χ3n) is 3.18. The molecule has 2 aromatic rings. The van der Waals surface area contributed by atoms with E-state index in [1.807, 2.05) is 12.1 Å². The van der Waals surface area contributed by atoms with E-state index in [-0.39, 0.29) is 5.75 Å². The summed E-state index contributed by atoms with van der Waals surface area (Å²) in [7, 11) is -3.13. The number of sulfone groups is 1. The van der Waals surface area contributed by atoms with Crippen molar-refractivity contribution in [2.24, 2.45) is 0 Å². The van der Waals surface area contributed by atoms with Crippen LogP contribution in [0.15, 0.2) is 48.8 Å². The molecule has 0 bridgehead atoms. The Morgan fingerprint density at radius 2 is 1.87 bits per heavy atom. The second-order valence-electron chi connectivity index (χ2n) is 5.37. The van der Waals surface area contributed by atoms with Gasteiger partial charge in [0.2, 0.25) is 0 Å². The van der Waals surface area contributed by atoms with E-state index in [0.717, 1.165) is 24.7 Å². The summed E-state index contributed by atoms with van der Waals surface area (Å²) in [4.78, 5) is 15.9. The van der Waals surface area contributed by atoms with Gasteiger partial charge in [0.1, 0.15) is 0 Å². The van der Waals surface area contributed by atoms with E-state index in [2.05, 4.69) is 4.98 Å². The number of aromatic nitrogens is 1. The molecule has 0 unspecified atom stereocenters. The molecule has 122 valence electrons. The van der Waals surface area contributed by atoms with Gasteiger partial charge in [0.05, 0.1) is 17.9 Å². The van der Waals surface area contributed by atoms with E-state index in [1.54, 1.807) is 36.7 Å². The van der Waals surface area contributed by atoms with Crippen LogP contribution in [0.4, 0.5) is 0 Å². The van der Waals surface area contributed by atoms with Crippen LogP contribution in [0.1, 0.15) is 27.9 Å². The van der Waals surface area contributed by atoms with Crippen molar-refractivity contribution in [3.63, 3.8) is 0 Å². The standard InChI is InChI=1S/C17H19NO4S/c1-23(20,21)13-15-4-2-6-16(12-15)17(19)22-11-3-5-14-7-9-18-10-8-14/h2,4,6-10,12H,3,5,11,13H2,1H3. The molecular weight excluding hydrogens is 314 g/mol. The number of carbonyl (C=O) groups is 1. The van der Waals surface area contributed by atoms with Gasteiger partial charge in [-0.05, 0) is 48.2 Å². The first kappa shape index (κ1) is 17.1. The van der Waals surface area contributed by atoms with Crippen molar-refractivity contribution >= 4 is 15.8 Å². The lowest BCUT2D eigenvalue weighted by Crippen LogP contribution is -2.08. The van der Waals surface area contributed by atoms with Gasteiger partial charge in [-0.2, -0.15) is 0 Å². The molecule has 1 aromatic heterocycles. The molecule has 0 spiro atoms. The van der Waals surface area contributed by atoms with E-state index in [4.69, 9.17) is 4.74 Å². The topological polar surface area (TPSA) is 73.3 Å². The average molecular weight is 333 g/mol. The van der Waals surface area contributed by atoms with Crippen LogP contribution in [-0.4, -0.2) is 32.2 Å². The van der Waals surface area contributed by atoms with Crippen LogP contribution in [0.25, 0.3) is 0 Å². The maximum absolute atomic E-state index is 12.0. The summed E-state index contributed by atoms with van der Waals surface area (Å²) < 4.78 is 27.8. The Morgan fingerprint density at radius 3 is 2.57 bits per heavy atom. The Hall–Kier alpha value is -2.21. The van der Waals surface area contributed by atoms with Crippen LogP contribution < -0.4 is 0 Å². The normalized spacial score (nSPS) is 11.2. The van der Waals surface area contributed by atoms with Crippen LogP contribution in [0.5, 0.6) is 0 Å². The number of hydrogen-bond donors (Lipinski definition) is 0. The quantitative estimate of drug-likeness (QED) is 0.575. The van der Waals surface area contributed by atoms with Crippen molar-refractivity contribution in [1.29, 1.82) is 0 Å². The number of carbonyl (C=O) groups excluding carboxylic acids is 1. The highest BCUT2D eigenvalue weighted by Crippen LogP contribution is 2.10. The van der Waals surface area contributed by atoms with E-state index < -0.39 is 15.8 Å². The predicted molar refractivity (Wildman–Crippen MR) is 87.8 cm³/mol. The molecule has 23 heavy (non-hydrogen) atoms. The molecule has 1 aromatic carbocycles. The van der Waals surface area contributed by atoms with Crippen molar-refractivity contribution in [2.45, 2.75) is 18.6 Å². The molecule has 0 saturated heterocycles. The smallest absolute Gasteiger partial charge is 0.338 e. The van der Waals surface area contributed by atoms with Crippen molar-refractivity contribution in [3.8, 4) is 0 Å². The molecule has 0 N–H and O–H groups in total. The largest absolute Gasteiger partial charge is 0.462 e. The van der Waals surface area contributed by atoms with Gasteiger partial charge < -0.3 is 4.74 Å². The number of ether oxygens (including phenoxy) is 1. The van der Waals surface area contributed by atoms with Crippen LogP contribution in [0, 0.1) is 0 Å². The van der Waals surface area contributed by atoms with Crippen LogP contribution in [0.3, 0.4) is 0 Å². The second-order valence-corrected chi connectivity index (χ2v) is 7.51. The van der Waals surface area contributed by atoms with Crippen molar-refractivity contribution < 1.29 is 17.9 Å². The monoisotopic (exact) mass is 333 g/mol. The number of nitrogens with zero attached hydrogens (tertiary/aromatic N) is 1. The van der Waals surface area contributed by atoms with E-state index in [0.29, 0.717) is 17.7 Å². The lowest BCUT2D eigenvalue weighted by Gasteiger charge is -2.06. The second kappa shape index (κ2) is 7.87. The van der Waals surface area contributed by atoms with Gasteiger partial charge in [0.25, 0.3) is 0 Å². The fourth-order valence-corrected chi connectivity index (χ4v) is 2.95. The molecule has 6 heteroatoms. The molecular formula is C17H19NO4S. The van der Waals surface area contributed by atoms with Crippen LogP contribution >= 0.6 is 0 Å². The van der Waals surface area contributed by atoms with Crippen LogP contribution in [-0.2, 0) is 26.7 Å². The van der Waals surface area contributed by atoms with Gasteiger partial charge in [-0.15, -0.1) is 0 Å². The number of benzene rings is 1. The summed E-state index contributed by atoms with van der Waals surface area (Å²) in [6.45, 7) is 0.317. The molecule has 0 aliphatic carbocycles. The van der Waals surface area contributed by atoms with Crippen LogP contribution in [0.2, 0.25) is 0 Å². The van der Waals surface area contributed by atoms with Gasteiger partial charge in [-0.1, -0.05) is 12.1 Å². The SMILES string of the molecule is CS(=O)(=O)Cc1cccc(C(=O)OCCCc2ccncc2)c1. The molecule has 5 nitrogen and oxygen atoms in total. The first-order valence-corrected chi connectivity index (χ1v) is 9.33. The van der Waals surface area contributed by atoms with Gasteiger partial charge in [0.15, 0.2) is 9.84 Å². The molecule has 0 aliphatic heterocycles. The number of esters is 1. The van der Waals surface area contributed by atoms with Crippen molar-refractivity contribution in [1.82, 2.24) is 4.98 Å². The van der Waals surface area contributed by atoms with Crippen molar-refractivity contribution in [3.05, 3.63) is 65.5 Å². The number of aryl methyl sites for hydroxylation is 1. The Morgan fingerprint density at radius 1 is 1.13 bits per heavy atom. The number of rotatable bonds is 7. The fraction of sp³-hybridized carbons (Fsp3) is 0.294. The van der Waals surface area contributed by atoms with E-state index >= 15 is 0 Å². The zero-order valence-electron chi connectivity index (χ0n) is 12.9. The van der Waals surface area contributed by atoms with Crippen molar-refractivity contribution in [2.75, 3.05) is 12.9 Å². The first-order valence-electron chi connectivity index (χ1n) is 7.27. The highest BCUT2D eigenvalue weighted by Gasteiger charge is 2.10. The third-order valence-corrected chi connectivity index (χ3v) is 4.04. The molecule has 2 rings (SSSR count). The lowest BCUT2D eigenvalue weighted by molar-refractivity contribution is 0.0500. The fourth-order valence-electron chi connectivity index (χ4n) is 2.16. The zero-order chi connectivity index (χ0) is 16.7. The molecule has 1 heterocycles. The summed E-state index contributed by atoms with van der Waals surface area (Å²) in [6, 6.07) is 10.4. The Labute approximate surface area is 136 Å². The molecule has 0 saturated carbocycles. The van der Waals surface area contributed by atoms with E-state index in [9.17, 15) is 13.2 Å². The summed E-state index contributed by atoms with van der Waals surface area (Å²) in [5.41, 5.74) is 2.10. The number of hydrogen-bond acceptors (Lipinski definition) is 5. The third kappa shape index (κ3) is 6.20. The van der Waals surface area contributed by atoms with Gasteiger partial charge in [0, 0.05) is 18.6 Å². The Kier molecular flexibility index (Phi) is 5.87. The molecule has 0 radical (unpaired) electrons. The Bertz CT molecular complexity index is 757. The predicted octanol–water partition coefficient (Wildman–Crippen LogP) is 2.42. The zero-order valence-corrected chi connectivity index (χ0v) is 13.8. The van der Waals surface area contributed by atoms with E-state index in [1.165, 1.54) is 0 Å². The summed E-state index contributed by atoms with van der Waals surface area (Å²) in [5, 5.41) is 0. The highest BCUT2D eigenvalue weighted by molar-refractivity contribution is 7.89. The minimum absolute atomic E-state index is 0.0871. The van der Waals surface area contributed by atoms with Gasteiger partial charge >= 0.3 is 5.97 Å². The Balaban J connectivity index is 1.85. The average Bonchev–Trinajstić information content (AvgIpc) is 2.51. The molecule has 0 amide bonds. The number of pyridine rings is 1. The summed E-state index contributed by atoms with van der Waals surface area (Å²) in [5.74, 6) is -0.522. The summed E-state index contributed by atoms with van der Waals surface area (Å²) in [6.07, 6.45) is 6.16. The maximum Gasteiger partial charge on any atom is 0.338 e.